The molecule has 0 saturated heterocycles. The minimum absolute atomic E-state index is 0.191. The molecule has 2 unspecified atom stereocenters. The SMILES string of the molecule is O=C(O)C1CC1CNc1ccc2[nH]c(=O)oc2c1. The summed E-state index contributed by atoms with van der Waals surface area (Å²) >= 11 is 0. The summed E-state index contributed by atoms with van der Waals surface area (Å²) in [6.45, 7) is 0.622. The topological polar surface area (TPSA) is 95.3 Å². The number of H-pyrrole nitrogens is 1. The molecule has 94 valence electrons. The number of nitrogens with one attached hydrogen (secondary N) is 2. The summed E-state index contributed by atoms with van der Waals surface area (Å²) in [5.41, 5.74) is 1.97. The third kappa shape index (κ3) is 1.97. The van der Waals surface area contributed by atoms with E-state index in [1.807, 2.05) is 6.07 Å². The van der Waals surface area contributed by atoms with E-state index in [0.717, 1.165) is 12.1 Å². The Morgan fingerprint density at radius 3 is 3.11 bits per heavy atom. The predicted octanol–water partition coefficient (Wildman–Crippen LogP) is 1.25. The van der Waals surface area contributed by atoms with E-state index in [0.29, 0.717) is 17.6 Å². The normalized spacial score (nSPS) is 22.0. The lowest BCUT2D eigenvalue weighted by molar-refractivity contribution is -0.138. The van der Waals surface area contributed by atoms with Gasteiger partial charge in [-0.05, 0) is 24.5 Å². The van der Waals surface area contributed by atoms with Gasteiger partial charge >= 0.3 is 11.7 Å². The van der Waals surface area contributed by atoms with Crippen LogP contribution in [0, 0.1) is 11.8 Å². The summed E-state index contributed by atoms with van der Waals surface area (Å²) in [7, 11) is 0. The molecule has 18 heavy (non-hydrogen) atoms. The minimum atomic E-state index is -0.728. The van der Waals surface area contributed by atoms with Crippen LogP contribution in [0.3, 0.4) is 0 Å². The van der Waals surface area contributed by atoms with Crippen molar-refractivity contribution in [2.24, 2.45) is 11.8 Å². The zero-order valence-corrected chi connectivity index (χ0v) is 9.47. The number of hydrogen-bond acceptors (Lipinski definition) is 4. The van der Waals surface area contributed by atoms with Gasteiger partial charge in [-0.3, -0.25) is 9.78 Å². The van der Waals surface area contributed by atoms with Crippen LogP contribution in [0.4, 0.5) is 5.69 Å². The monoisotopic (exact) mass is 248 g/mol. The molecule has 1 aliphatic carbocycles. The van der Waals surface area contributed by atoms with Gasteiger partial charge in [-0.2, -0.15) is 0 Å². The van der Waals surface area contributed by atoms with Gasteiger partial charge in [0.15, 0.2) is 5.58 Å². The molecule has 0 radical (unpaired) electrons. The summed E-state index contributed by atoms with van der Waals surface area (Å²) in [6, 6.07) is 5.31. The second kappa shape index (κ2) is 3.90. The number of aromatic nitrogens is 1. The van der Waals surface area contributed by atoms with E-state index >= 15 is 0 Å². The molecule has 3 rings (SSSR count). The maximum absolute atomic E-state index is 11.0. The number of anilines is 1. The van der Waals surface area contributed by atoms with Crippen molar-refractivity contribution in [1.29, 1.82) is 0 Å². The zero-order chi connectivity index (χ0) is 12.7. The van der Waals surface area contributed by atoms with Gasteiger partial charge in [0.05, 0.1) is 11.4 Å². The van der Waals surface area contributed by atoms with Gasteiger partial charge in [0.1, 0.15) is 0 Å². The average molecular weight is 248 g/mol. The largest absolute Gasteiger partial charge is 0.481 e. The number of carboxylic acids is 1. The molecule has 2 atom stereocenters. The quantitative estimate of drug-likeness (QED) is 0.756. The number of carboxylic acid groups (broad SMARTS) is 1. The number of oxazole rings is 1. The Hall–Kier alpha value is -2.24. The maximum atomic E-state index is 11.0. The summed E-state index contributed by atoms with van der Waals surface area (Å²) < 4.78 is 4.95. The molecule has 1 aromatic heterocycles. The van der Waals surface area contributed by atoms with Gasteiger partial charge in [0.25, 0.3) is 0 Å². The zero-order valence-electron chi connectivity index (χ0n) is 9.47. The number of aliphatic carboxylic acids is 1. The van der Waals surface area contributed by atoms with Crippen LogP contribution in [0.25, 0.3) is 11.1 Å². The maximum Gasteiger partial charge on any atom is 0.417 e. The second-order valence-corrected chi connectivity index (χ2v) is 4.55. The van der Waals surface area contributed by atoms with Crippen molar-refractivity contribution < 1.29 is 14.3 Å². The van der Waals surface area contributed by atoms with Crippen molar-refractivity contribution in [3.05, 3.63) is 28.7 Å². The lowest BCUT2D eigenvalue weighted by Gasteiger charge is -2.04. The molecule has 1 fully saturated rings. The summed E-state index contributed by atoms with van der Waals surface area (Å²) in [4.78, 5) is 24.2. The summed E-state index contributed by atoms with van der Waals surface area (Å²) in [6.07, 6.45) is 0.726. The fourth-order valence-electron chi connectivity index (χ4n) is 2.08. The highest BCUT2D eigenvalue weighted by molar-refractivity contribution is 5.77. The molecule has 3 N–H and O–H groups in total. The molecule has 0 amide bonds. The smallest absolute Gasteiger partial charge is 0.417 e. The Kier molecular flexibility index (Phi) is 2.36. The summed E-state index contributed by atoms with van der Waals surface area (Å²) in [5, 5.41) is 11.9. The Morgan fingerprint density at radius 1 is 1.56 bits per heavy atom. The van der Waals surface area contributed by atoms with Gasteiger partial charge in [0, 0.05) is 18.3 Å². The van der Waals surface area contributed by atoms with E-state index in [2.05, 4.69) is 10.3 Å². The first-order chi connectivity index (χ1) is 8.63. The molecule has 0 spiro atoms. The molecule has 6 heteroatoms. The lowest BCUT2D eigenvalue weighted by atomic mass is 10.2. The molecule has 1 aliphatic rings. The lowest BCUT2D eigenvalue weighted by Crippen LogP contribution is -2.08. The van der Waals surface area contributed by atoms with E-state index in [4.69, 9.17) is 9.52 Å². The third-order valence-electron chi connectivity index (χ3n) is 3.23. The van der Waals surface area contributed by atoms with E-state index in [9.17, 15) is 9.59 Å². The van der Waals surface area contributed by atoms with Crippen LogP contribution in [0.5, 0.6) is 0 Å². The first kappa shape index (κ1) is 10.9. The number of hydrogen-bond donors (Lipinski definition) is 3. The van der Waals surface area contributed by atoms with Gasteiger partial charge in [-0.25, -0.2) is 4.79 Å². The van der Waals surface area contributed by atoms with Crippen molar-refractivity contribution in [1.82, 2.24) is 4.98 Å². The van der Waals surface area contributed by atoms with Gasteiger partial charge in [-0.1, -0.05) is 0 Å². The molecule has 1 heterocycles. The highest BCUT2D eigenvalue weighted by atomic mass is 16.4. The molecule has 1 saturated carbocycles. The molecular formula is C12H12N2O4. The number of benzene rings is 1. The van der Waals surface area contributed by atoms with Crippen molar-refractivity contribution in [3.63, 3.8) is 0 Å². The molecular weight excluding hydrogens is 236 g/mol. The second-order valence-electron chi connectivity index (χ2n) is 4.55. The van der Waals surface area contributed by atoms with Crippen molar-refractivity contribution in [2.75, 3.05) is 11.9 Å². The van der Waals surface area contributed by atoms with Gasteiger partial charge in [0.2, 0.25) is 0 Å². The molecule has 0 aliphatic heterocycles. The first-order valence-corrected chi connectivity index (χ1v) is 5.73. The Bertz CT molecular complexity index is 657. The van der Waals surface area contributed by atoms with Crippen LogP contribution < -0.4 is 11.1 Å². The molecule has 2 aromatic rings. The van der Waals surface area contributed by atoms with Crippen molar-refractivity contribution in [3.8, 4) is 0 Å². The van der Waals surface area contributed by atoms with E-state index in [-0.39, 0.29) is 11.8 Å². The molecule has 6 nitrogen and oxygen atoms in total. The highest BCUT2D eigenvalue weighted by Crippen LogP contribution is 2.38. The molecule has 1 aromatic carbocycles. The number of fused-ring (bicyclic) bond motifs is 1. The van der Waals surface area contributed by atoms with Crippen molar-refractivity contribution >= 4 is 22.8 Å². The van der Waals surface area contributed by atoms with Crippen LogP contribution in [0.15, 0.2) is 27.4 Å². The van der Waals surface area contributed by atoms with Crippen LogP contribution in [0.1, 0.15) is 6.42 Å². The predicted molar refractivity (Wildman–Crippen MR) is 64.6 cm³/mol. The third-order valence-corrected chi connectivity index (χ3v) is 3.23. The Balaban J connectivity index is 1.68. The van der Waals surface area contributed by atoms with Crippen molar-refractivity contribution in [2.45, 2.75) is 6.42 Å². The van der Waals surface area contributed by atoms with E-state index < -0.39 is 11.7 Å². The highest BCUT2D eigenvalue weighted by Gasteiger charge is 2.42. The number of carbonyl (C=O) groups is 1. The van der Waals surface area contributed by atoms with Crippen LogP contribution in [-0.2, 0) is 4.79 Å². The average Bonchev–Trinajstić information content (AvgIpc) is 3.01. The van der Waals surface area contributed by atoms with Crippen LogP contribution in [0.2, 0.25) is 0 Å². The van der Waals surface area contributed by atoms with Gasteiger partial charge in [-0.15, -0.1) is 0 Å². The van der Waals surface area contributed by atoms with Crippen LogP contribution in [-0.4, -0.2) is 22.6 Å². The number of aromatic amines is 1. The fraction of sp³-hybridized carbons (Fsp3) is 0.333. The standard InChI is InChI=1S/C12H12N2O4/c15-11(16)8-3-6(8)5-13-7-1-2-9-10(4-7)18-12(17)14-9/h1-2,4,6,8,13H,3,5H2,(H,14,17)(H,15,16). The van der Waals surface area contributed by atoms with Crippen LogP contribution >= 0.6 is 0 Å². The summed E-state index contributed by atoms with van der Waals surface area (Å²) in [5.74, 6) is -1.23. The molecule has 0 bridgehead atoms. The first-order valence-electron chi connectivity index (χ1n) is 5.73. The number of rotatable bonds is 4. The Labute approximate surface area is 102 Å². The fourth-order valence-corrected chi connectivity index (χ4v) is 2.08. The minimum Gasteiger partial charge on any atom is -0.481 e. The van der Waals surface area contributed by atoms with E-state index in [1.165, 1.54) is 0 Å². The van der Waals surface area contributed by atoms with E-state index in [1.54, 1.807) is 12.1 Å². The Morgan fingerprint density at radius 2 is 2.39 bits per heavy atom. The van der Waals surface area contributed by atoms with Gasteiger partial charge < -0.3 is 14.8 Å².